The Balaban J connectivity index is 2.13. The minimum atomic E-state index is -4.54. The summed E-state index contributed by atoms with van der Waals surface area (Å²) in [7, 11) is 0. The lowest BCUT2D eigenvalue weighted by Gasteiger charge is -2.18. The molecule has 1 aromatic heterocycles. The lowest BCUT2D eigenvalue weighted by molar-refractivity contribution is -0.137. The van der Waals surface area contributed by atoms with Crippen molar-refractivity contribution in [3.63, 3.8) is 0 Å². The van der Waals surface area contributed by atoms with Gasteiger partial charge in [-0.2, -0.15) is 18.3 Å². The summed E-state index contributed by atoms with van der Waals surface area (Å²) in [4.78, 5) is 23.9. The van der Waals surface area contributed by atoms with Gasteiger partial charge in [-0.15, -0.1) is 0 Å². The number of hydrogen-bond acceptors (Lipinski definition) is 3. The summed E-state index contributed by atoms with van der Waals surface area (Å²) in [5.41, 5.74) is -1.18. The predicted octanol–water partition coefficient (Wildman–Crippen LogP) is 3.38. The highest BCUT2D eigenvalue weighted by Crippen LogP contribution is 2.33. The van der Waals surface area contributed by atoms with Gasteiger partial charge in [0, 0.05) is 30.8 Å². The lowest BCUT2D eigenvalue weighted by atomic mass is 9.96. The SMILES string of the molecule is CC(C)(C)C(=O)NCCC(=O)Nc1cc(C(F)(F)F)ccc1-n1cccn1. The van der Waals surface area contributed by atoms with Gasteiger partial charge >= 0.3 is 6.18 Å². The number of rotatable bonds is 5. The molecule has 0 radical (unpaired) electrons. The van der Waals surface area contributed by atoms with Crippen LogP contribution >= 0.6 is 0 Å². The maximum atomic E-state index is 13.0. The van der Waals surface area contributed by atoms with Gasteiger partial charge in [0.05, 0.1) is 16.9 Å². The van der Waals surface area contributed by atoms with Gasteiger partial charge in [-0.1, -0.05) is 20.8 Å². The van der Waals surface area contributed by atoms with E-state index in [2.05, 4.69) is 15.7 Å². The van der Waals surface area contributed by atoms with Crippen LogP contribution in [0, 0.1) is 5.41 Å². The van der Waals surface area contributed by atoms with E-state index in [0.29, 0.717) is 5.69 Å². The summed E-state index contributed by atoms with van der Waals surface area (Å²) in [6.07, 6.45) is -1.58. The van der Waals surface area contributed by atoms with Gasteiger partial charge in [-0.05, 0) is 24.3 Å². The molecule has 2 rings (SSSR count). The average molecular weight is 382 g/mol. The van der Waals surface area contributed by atoms with E-state index in [1.807, 2.05) is 0 Å². The molecule has 0 unspecified atom stereocenters. The molecule has 27 heavy (non-hydrogen) atoms. The number of carbonyl (C=O) groups is 2. The average Bonchev–Trinajstić information content (AvgIpc) is 3.07. The molecule has 0 saturated carbocycles. The highest BCUT2D eigenvalue weighted by Gasteiger charge is 2.31. The summed E-state index contributed by atoms with van der Waals surface area (Å²) < 4.78 is 40.4. The molecule has 0 aliphatic heterocycles. The van der Waals surface area contributed by atoms with Crippen LogP contribution in [0.25, 0.3) is 5.69 Å². The third-order valence-corrected chi connectivity index (χ3v) is 3.67. The van der Waals surface area contributed by atoms with Crippen molar-refractivity contribution >= 4 is 17.5 Å². The Hall–Kier alpha value is -2.84. The van der Waals surface area contributed by atoms with Crippen molar-refractivity contribution in [3.8, 4) is 5.69 Å². The molecule has 0 aliphatic carbocycles. The van der Waals surface area contributed by atoms with Crippen LogP contribution in [0.5, 0.6) is 0 Å². The van der Waals surface area contributed by atoms with Crippen LogP contribution in [-0.2, 0) is 15.8 Å². The van der Waals surface area contributed by atoms with Gasteiger partial charge in [0.25, 0.3) is 0 Å². The second-order valence-corrected chi connectivity index (χ2v) is 6.98. The van der Waals surface area contributed by atoms with Crippen LogP contribution in [0.4, 0.5) is 18.9 Å². The zero-order chi connectivity index (χ0) is 20.2. The Morgan fingerprint density at radius 1 is 1.19 bits per heavy atom. The molecule has 6 nitrogen and oxygen atoms in total. The number of amides is 2. The molecule has 0 spiro atoms. The molecule has 9 heteroatoms. The number of carbonyl (C=O) groups excluding carboxylic acids is 2. The van der Waals surface area contributed by atoms with Crippen molar-refractivity contribution in [2.45, 2.75) is 33.4 Å². The fraction of sp³-hybridized carbons (Fsp3) is 0.389. The van der Waals surface area contributed by atoms with E-state index in [0.717, 1.165) is 12.1 Å². The molecule has 0 saturated heterocycles. The van der Waals surface area contributed by atoms with Crippen LogP contribution in [0.3, 0.4) is 0 Å². The maximum absolute atomic E-state index is 13.0. The van der Waals surface area contributed by atoms with Gasteiger partial charge in [-0.3, -0.25) is 9.59 Å². The van der Waals surface area contributed by atoms with Crippen LogP contribution in [0.15, 0.2) is 36.7 Å². The molecule has 1 aromatic carbocycles. The van der Waals surface area contributed by atoms with Crippen molar-refractivity contribution in [1.82, 2.24) is 15.1 Å². The molecule has 1 heterocycles. The zero-order valence-electron chi connectivity index (χ0n) is 15.2. The van der Waals surface area contributed by atoms with E-state index in [1.54, 1.807) is 33.0 Å². The predicted molar refractivity (Wildman–Crippen MR) is 94.3 cm³/mol. The summed E-state index contributed by atoms with van der Waals surface area (Å²) in [6.45, 7) is 5.29. The number of aromatic nitrogens is 2. The van der Waals surface area contributed by atoms with Crippen molar-refractivity contribution in [1.29, 1.82) is 0 Å². The fourth-order valence-corrected chi connectivity index (χ4v) is 2.19. The first kappa shape index (κ1) is 20.5. The highest BCUT2D eigenvalue weighted by molar-refractivity contribution is 5.93. The van der Waals surface area contributed by atoms with Crippen molar-refractivity contribution in [2.24, 2.45) is 5.41 Å². The van der Waals surface area contributed by atoms with Crippen molar-refractivity contribution in [2.75, 3.05) is 11.9 Å². The number of hydrogen-bond donors (Lipinski definition) is 2. The van der Waals surface area contributed by atoms with Gasteiger partial charge < -0.3 is 10.6 Å². The van der Waals surface area contributed by atoms with Crippen LogP contribution < -0.4 is 10.6 Å². The van der Waals surface area contributed by atoms with Crippen molar-refractivity contribution in [3.05, 3.63) is 42.2 Å². The second kappa shape index (κ2) is 7.81. The third-order valence-electron chi connectivity index (χ3n) is 3.67. The molecule has 2 aromatic rings. The maximum Gasteiger partial charge on any atom is 0.416 e. The molecule has 0 aliphatic rings. The quantitative estimate of drug-likeness (QED) is 0.832. The summed E-state index contributed by atoms with van der Waals surface area (Å²) in [5.74, 6) is -0.733. The standard InChI is InChI=1S/C18H21F3N4O2/c1-17(2,3)16(27)22-9-7-15(26)24-13-11-12(18(19,20)21)5-6-14(13)25-10-4-8-23-25/h4-6,8,10-11H,7,9H2,1-3H3,(H,22,27)(H,24,26). The number of anilines is 1. The summed E-state index contributed by atoms with van der Waals surface area (Å²) >= 11 is 0. The van der Waals surface area contributed by atoms with E-state index < -0.39 is 23.1 Å². The minimum absolute atomic E-state index is 0.0133. The highest BCUT2D eigenvalue weighted by atomic mass is 19.4. The molecule has 2 amide bonds. The summed E-state index contributed by atoms with van der Waals surface area (Å²) in [5, 5.41) is 9.08. The molecule has 146 valence electrons. The number of nitrogens with one attached hydrogen (secondary N) is 2. The molecule has 2 N–H and O–H groups in total. The van der Waals surface area contributed by atoms with Crippen LogP contribution in [-0.4, -0.2) is 28.1 Å². The van der Waals surface area contributed by atoms with Crippen LogP contribution in [0.1, 0.15) is 32.8 Å². The number of benzene rings is 1. The number of alkyl halides is 3. The largest absolute Gasteiger partial charge is 0.416 e. The molecule has 0 atom stereocenters. The first-order chi connectivity index (χ1) is 12.5. The molecule has 0 fully saturated rings. The lowest BCUT2D eigenvalue weighted by Crippen LogP contribution is -2.36. The van der Waals surface area contributed by atoms with Gasteiger partial charge in [0.2, 0.25) is 11.8 Å². The Morgan fingerprint density at radius 2 is 1.89 bits per heavy atom. The van der Waals surface area contributed by atoms with Crippen molar-refractivity contribution < 1.29 is 22.8 Å². The van der Waals surface area contributed by atoms with Gasteiger partial charge in [-0.25, -0.2) is 4.68 Å². The normalized spacial score (nSPS) is 11.9. The molecule has 0 bridgehead atoms. The smallest absolute Gasteiger partial charge is 0.355 e. The van der Waals surface area contributed by atoms with Gasteiger partial charge in [0.15, 0.2) is 0 Å². The minimum Gasteiger partial charge on any atom is -0.355 e. The monoisotopic (exact) mass is 382 g/mol. The number of nitrogens with zero attached hydrogens (tertiary/aromatic N) is 2. The molecular formula is C18H21F3N4O2. The third kappa shape index (κ3) is 5.57. The summed E-state index contributed by atoms with van der Waals surface area (Å²) in [6, 6.07) is 4.65. The van der Waals surface area contributed by atoms with E-state index in [4.69, 9.17) is 0 Å². The number of halogens is 3. The second-order valence-electron chi connectivity index (χ2n) is 6.98. The van der Waals surface area contributed by atoms with E-state index in [-0.39, 0.29) is 24.6 Å². The zero-order valence-corrected chi connectivity index (χ0v) is 15.2. The Labute approximate surface area is 154 Å². The fourth-order valence-electron chi connectivity index (χ4n) is 2.19. The first-order valence-corrected chi connectivity index (χ1v) is 8.28. The topological polar surface area (TPSA) is 76.0 Å². The van der Waals surface area contributed by atoms with E-state index >= 15 is 0 Å². The first-order valence-electron chi connectivity index (χ1n) is 8.28. The Morgan fingerprint density at radius 3 is 2.44 bits per heavy atom. The Bertz CT molecular complexity index is 809. The molecular weight excluding hydrogens is 361 g/mol. The van der Waals surface area contributed by atoms with Gasteiger partial charge in [0.1, 0.15) is 0 Å². The van der Waals surface area contributed by atoms with E-state index in [1.165, 1.54) is 16.9 Å². The van der Waals surface area contributed by atoms with Crippen LogP contribution in [0.2, 0.25) is 0 Å². The Kier molecular flexibility index (Phi) is 5.92. The van der Waals surface area contributed by atoms with E-state index in [9.17, 15) is 22.8 Å².